The van der Waals surface area contributed by atoms with Gasteiger partial charge in [0.15, 0.2) is 0 Å². The highest BCUT2D eigenvalue weighted by Crippen LogP contribution is 2.34. The summed E-state index contributed by atoms with van der Waals surface area (Å²) in [5.41, 5.74) is 1.99. The van der Waals surface area contributed by atoms with Crippen molar-refractivity contribution in [3.8, 4) is 0 Å². The van der Waals surface area contributed by atoms with Crippen LogP contribution in [-0.2, 0) is 12.7 Å². The molecule has 0 atom stereocenters. The zero-order valence-corrected chi connectivity index (χ0v) is 17.5. The molecule has 2 N–H and O–H groups in total. The van der Waals surface area contributed by atoms with Crippen LogP contribution in [0.25, 0.3) is 10.9 Å². The van der Waals surface area contributed by atoms with Crippen molar-refractivity contribution >= 4 is 22.3 Å². The van der Waals surface area contributed by atoms with Gasteiger partial charge >= 0.3 is 6.18 Å². The number of nitrogens with zero attached hydrogens (tertiary/aromatic N) is 3. The molecule has 0 radical (unpaired) electrons. The Labute approximate surface area is 178 Å². The Kier molecular flexibility index (Phi) is 5.51. The molecule has 0 aliphatic carbocycles. The number of fused-ring (bicyclic) bond motifs is 1. The molecular formula is C23H25F3N4O. The summed E-state index contributed by atoms with van der Waals surface area (Å²) in [5, 5.41) is 22.5. The van der Waals surface area contributed by atoms with Gasteiger partial charge in [-0.25, -0.2) is 0 Å². The molecule has 5 nitrogen and oxygen atoms in total. The number of hydrogen-bond donors (Lipinski definition) is 2. The van der Waals surface area contributed by atoms with Crippen molar-refractivity contribution in [1.82, 2.24) is 10.2 Å². The molecule has 31 heavy (non-hydrogen) atoms. The Morgan fingerprint density at radius 2 is 1.90 bits per heavy atom. The van der Waals surface area contributed by atoms with Gasteiger partial charge in [0, 0.05) is 30.7 Å². The lowest BCUT2D eigenvalue weighted by Crippen LogP contribution is -2.42. The van der Waals surface area contributed by atoms with Crippen molar-refractivity contribution in [1.29, 1.82) is 0 Å². The van der Waals surface area contributed by atoms with E-state index in [0.29, 0.717) is 29.6 Å². The van der Waals surface area contributed by atoms with Crippen LogP contribution in [0, 0.1) is 6.92 Å². The molecule has 1 aliphatic rings. The number of anilines is 2. The lowest BCUT2D eigenvalue weighted by atomic mass is 9.93. The van der Waals surface area contributed by atoms with Crippen molar-refractivity contribution in [3.05, 3.63) is 59.3 Å². The first-order chi connectivity index (χ1) is 14.6. The fraction of sp³-hybridized carbons (Fsp3) is 0.391. The molecule has 0 bridgehead atoms. The van der Waals surface area contributed by atoms with Crippen LogP contribution in [0.2, 0.25) is 0 Å². The maximum absolute atomic E-state index is 13.2. The summed E-state index contributed by atoms with van der Waals surface area (Å²) in [6, 6.07) is 10.1. The lowest BCUT2D eigenvalue weighted by Gasteiger charge is -2.37. The number of piperidine rings is 1. The Morgan fingerprint density at radius 1 is 1.16 bits per heavy atom. The van der Waals surface area contributed by atoms with E-state index in [1.165, 1.54) is 13.0 Å². The van der Waals surface area contributed by atoms with Crippen LogP contribution in [0.3, 0.4) is 0 Å². The SMILES string of the molecule is Cc1c(CNc2cnnc3ccc(N4CCC(C)(O)CC4)cc23)cccc1C(F)(F)F. The Balaban J connectivity index is 1.59. The van der Waals surface area contributed by atoms with E-state index in [2.05, 4.69) is 20.4 Å². The number of hydrogen-bond acceptors (Lipinski definition) is 5. The van der Waals surface area contributed by atoms with Crippen LogP contribution in [0.15, 0.2) is 42.6 Å². The van der Waals surface area contributed by atoms with E-state index < -0.39 is 17.3 Å². The topological polar surface area (TPSA) is 61.3 Å². The van der Waals surface area contributed by atoms with Crippen LogP contribution in [-0.4, -0.2) is 34.0 Å². The lowest BCUT2D eigenvalue weighted by molar-refractivity contribution is -0.138. The predicted octanol–water partition coefficient (Wildman–Crippen LogP) is 4.92. The molecule has 2 aromatic carbocycles. The van der Waals surface area contributed by atoms with E-state index in [-0.39, 0.29) is 12.1 Å². The Morgan fingerprint density at radius 3 is 2.61 bits per heavy atom. The van der Waals surface area contributed by atoms with Gasteiger partial charge < -0.3 is 15.3 Å². The van der Waals surface area contributed by atoms with Gasteiger partial charge in [0.1, 0.15) is 0 Å². The van der Waals surface area contributed by atoms with Crippen molar-refractivity contribution in [2.24, 2.45) is 0 Å². The molecule has 1 saturated heterocycles. The fourth-order valence-electron chi connectivity index (χ4n) is 4.00. The summed E-state index contributed by atoms with van der Waals surface area (Å²) in [4.78, 5) is 2.22. The number of aliphatic hydroxyl groups is 1. The molecular weight excluding hydrogens is 405 g/mol. The van der Waals surface area contributed by atoms with Gasteiger partial charge in [-0.15, -0.1) is 0 Å². The van der Waals surface area contributed by atoms with Crippen molar-refractivity contribution in [2.75, 3.05) is 23.3 Å². The van der Waals surface area contributed by atoms with E-state index in [0.717, 1.165) is 30.2 Å². The van der Waals surface area contributed by atoms with Gasteiger partial charge in [0.2, 0.25) is 0 Å². The summed E-state index contributed by atoms with van der Waals surface area (Å²) in [6.07, 6.45) is -1.39. The highest BCUT2D eigenvalue weighted by atomic mass is 19.4. The number of aromatic nitrogens is 2. The molecule has 0 spiro atoms. The minimum atomic E-state index is -4.38. The van der Waals surface area contributed by atoms with Crippen LogP contribution in [0.5, 0.6) is 0 Å². The highest BCUT2D eigenvalue weighted by molar-refractivity contribution is 5.92. The van der Waals surface area contributed by atoms with Gasteiger partial charge in [-0.05, 0) is 62.1 Å². The summed E-state index contributed by atoms with van der Waals surface area (Å²) in [7, 11) is 0. The van der Waals surface area contributed by atoms with Gasteiger partial charge in [0.05, 0.1) is 28.6 Å². The van der Waals surface area contributed by atoms with Crippen LogP contribution in [0.1, 0.15) is 36.5 Å². The quantitative estimate of drug-likeness (QED) is 0.615. The molecule has 1 fully saturated rings. The molecule has 0 saturated carbocycles. The Hall–Kier alpha value is -2.87. The second-order valence-electron chi connectivity index (χ2n) is 8.38. The minimum absolute atomic E-state index is 0.217. The molecule has 1 aromatic heterocycles. The van der Waals surface area contributed by atoms with E-state index in [9.17, 15) is 18.3 Å². The summed E-state index contributed by atoms with van der Waals surface area (Å²) >= 11 is 0. The van der Waals surface area contributed by atoms with Crippen molar-refractivity contribution in [3.63, 3.8) is 0 Å². The number of benzene rings is 2. The molecule has 8 heteroatoms. The van der Waals surface area contributed by atoms with E-state index >= 15 is 0 Å². The normalized spacial score (nSPS) is 16.5. The first kappa shape index (κ1) is 21.4. The van der Waals surface area contributed by atoms with Crippen LogP contribution < -0.4 is 10.2 Å². The second kappa shape index (κ2) is 8.00. The summed E-state index contributed by atoms with van der Waals surface area (Å²) in [5.74, 6) is 0. The molecule has 164 valence electrons. The third-order valence-corrected chi connectivity index (χ3v) is 6.05. The molecule has 0 amide bonds. The highest BCUT2D eigenvalue weighted by Gasteiger charge is 2.32. The minimum Gasteiger partial charge on any atom is -0.390 e. The van der Waals surface area contributed by atoms with Gasteiger partial charge in [-0.2, -0.15) is 23.4 Å². The fourth-order valence-corrected chi connectivity index (χ4v) is 4.00. The third kappa shape index (κ3) is 4.58. The molecule has 3 aromatic rings. The first-order valence-corrected chi connectivity index (χ1v) is 10.3. The average Bonchev–Trinajstić information content (AvgIpc) is 2.72. The van der Waals surface area contributed by atoms with E-state index in [1.807, 2.05) is 25.1 Å². The summed E-state index contributed by atoms with van der Waals surface area (Å²) < 4.78 is 39.6. The van der Waals surface area contributed by atoms with E-state index in [1.54, 1.807) is 12.3 Å². The van der Waals surface area contributed by atoms with Crippen LogP contribution >= 0.6 is 0 Å². The largest absolute Gasteiger partial charge is 0.416 e. The van der Waals surface area contributed by atoms with Gasteiger partial charge in [-0.3, -0.25) is 0 Å². The maximum atomic E-state index is 13.2. The summed E-state index contributed by atoms with van der Waals surface area (Å²) in [6.45, 7) is 5.10. The third-order valence-electron chi connectivity index (χ3n) is 6.05. The predicted molar refractivity (Wildman–Crippen MR) is 115 cm³/mol. The van der Waals surface area contributed by atoms with Crippen LogP contribution in [0.4, 0.5) is 24.5 Å². The smallest absolute Gasteiger partial charge is 0.390 e. The zero-order chi connectivity index (χ0) is 22.2. The molecule has 0 unspecified atom stereocenters. The molecule has 4 rings (SSSR count). The number of alkyl halides is 3. The number of rotatable bonds is 4. The Bertz CT molecular complexity index is 1090. The monoisotopic (exact) mass is 430 g/mol. The van der Waals surface area contributed by atoms with Gasteiger partial charge in [0.25, 0.3) is 0 Å². The maximum Gasteiger partial charge on any atom is 0.416 e. The number of nitrogens with one attached hydrogen (secondary N) is 1. The van der Waals surface area contributed by atoms with Gasteiger partial charge in [-0.1, -0.05) is 12.1 Å². The molecule has 2 heterocycles. The second-order valence-corrected chi connectivity index (χ2v) is 8.38. The standard InChI is InChI=1S/C23H25F3N4O/c1-15-16(4-3-5-19(15)23(24,25)26)13-27-21-14-28-29-20-7-6-17(12-18(20)21)30-10-8-22(2,31)9-11-30/h3-7,12,14,31H,8-11,13H2,1-2H3,(H,27,29). The van der Waals surface area contributed by atoms with Crippen molar-refractivity contribution in [2.45, 2.75) is 45.0 Å². The number of halogens is 3. The molecule has 1 aliphatic heterocycles. The average molecular weight is 430 g/mol. The first-order valence-electron chi connectivity index (χ1n) is 10.3. The van der Waals surface area contributed by atoms with E-state index in [4.69, 9.17) is 0 Å². The zero-order valence-electron chi connectivity index (χ0n) is 17.5. The van der Waals surface area contributed by atoms with Crippen molar-refractivity contribution < 1.29 is 18.3 Å².